The lowest BCUT2D eigenvalue weighted by atomic mass is 10.0. The van der Waals surface area contributed by atoms with Gasteiger partial charge in [-0.05, 0) is 37.1 Å². The second kappa shape index (κ2) is 34.2. The zero-order valence-corrected chi connectivity index (χ0v) is 36.2. The van der Waals surface area contributed by atoms with Crippen molar-refractivity contribution in [3.05, 3.63) is 60.7 Å². The maximum absolute atomic E-state index is 13.9. The lowest BCUT2D eigenvalue weighted by molar-refractivity contribution is -0.161. The third kappa shape index (κ3) is 27.7. The van der Waals surface area contributed by atoms with Crippen LogP contribution in [0.15, 0.2) is 60.7 Å². The summed E-state index contributed by atoms with van der Waals surface area (Å²) in [5.41, 5.74) is 0. The predicted molar refractivity (Wildman–Crippen MR) is 229 cm³/mol. The Morgan fingerprint density at radius 3 is 1.18 bits per heavy atom. The Balaban J connectivity index is 1.79. The van der Waals surface area contributed by atoms with E-state index >= 15 is 0 Å². The minimum atomic E-state index is -4.23. The van der Waals surface area contributed by atoms with Gasteiger partial charge in [-0.2, -0.15) is 0 Å². The highest BCUT2D eigenvalue weighted by Crippen LogP contribution is 2.49. The summed E-state index contributed by atoms with van der Waals surface area (Å²) in [5, 5.41) is 0. The number of para-hydroxylation sites is 2. The quantitative estimate of drug-likeness (QED) is 0.0376. The molecule has 0 saturated carbocycles. The molecule has 0 radical (unpaired) electrons. The lowest BCUT2D eigenvalue weighted by Gasteiger charge is -2.22. The summed E-state index contributed by atoms with van der Waals surface area (Å²) in [5.74, 6) is -0.161. The molecule has 8 nitrogen and oxygen atoms in total. The van der Waals surface area contributed by atoms with Crippen molar-refractivity contribution in [2.45, 2.75) is 200 Å². The molecule has 0 bridgehead atoms. The van der Waals surface area contributed by atoms with E-state index in [1.165, 1.54) is 128 Å². The van der Waals surface area contributed by atoms with Gasteiger partial charge in [-0.1, -0.05) is 204 Å². The zero-order valence-electron chi connectivity index (χ0n) is 35.3. The Hall–Kier alpha value is -2.83. The van der Waals surface area contributed by atoms with E-state index in [0.29, 0.717) is 17.9 Å². The Kier molecular flexibility index (Phi) is 30.1. The Morgan fingerprint density at radius 1 is 0.464 bits per heavy atom. The van der Waals surface area contributed by atoms with Gasteiger partial charge in [0, 0.05) is 12.8 Å². The average molecular weight is 801 g/mol. The summed E-state index contributed by atoms with van der Waals surface area (Å²) in [7, 11) is -4.23. The lowest BCUT2D eigenvalue weighted by Crippen LogP contribution is -2.30. The van der Waals surface area contributed by atoms with Crippen LogP contribution in [0, 0.1) is 0 Å². The molecule has 2 aromatic carbocycles. The van der Waals surface area contributed by atoms with Gasteiger partial charge >= 0.3 is 19.8 Å². The van der Waals surface area contributed by atoms with E-state index in [9.17, 15) is 14.2 Å². The van der Waals surface area contributed by atoms with E-state index < -0.39 is 19.9 Å². The third-order valence-corrected chi connectivity index (χ3v) is 11.4. The molecule has 0 N–H and O–H groups in total. The summed E-state index contributed by atoms with van der Waals surface area (Å²) in [4.78, 5) is 25.7. The minimum Gasteiger partial charge on any atom is -0.462 e. The molecule has 2 aromatic rings. The Bertz CT molecular complexity index is 1210. The standard InChI is InChI=1S/C47H77O8P/c1-3-5-7-9-11-13-15-17-19-21-23-25-33-39-46(48)51-41-45(53-47(49)40-34-26-24-22-20-18-16-14-12-10-8-6-4-2)42-52-56(50,54-43-35-29-27-30-36-43)55-44-37-31-28-32-38-44/h27-32,35-38,45H,3-26,33-34,39-42H2,1-2H3. The summed E-state index contributed by atoms with van der Waals surface area (Å²) >= 11 is 0. The maximum atomic E-state index is 13.9. The van der Waals surface area contributed by atoms with E-state index in [1.54, 1.807) is 48.5 Å². The van der Waals surface area contributed by atoms with E-state index in [4.69, 9.17) is 23.0 Å². The number of ether oxygens (including phenoxy) is 2. The second-order valence-electron chi connectivity index (χ2n) is 15.3. The summed E-state index contributed by atoms with van der Waals surface area (Å²) < 4.78 is 42.5. The normalized spacial score (nSPS) is 12.0. The fraction of sp³-hybridized carbons (Fsp3) is 0.702. The number of phosphoric ester groups is 1. The number of benzene rings is 2. The Morgan fingerprint density at radius 2 is 0.804 bits per heavy atom. The molecular weight excluding hydrogens is 723 g/mol. The molecule has 0 aliphatic carbocycles. The smallest absolute Gasteiger partial charge is 0.462 e. The first-order valence-electron chi connectivity index (χ1n) is 22.5. The van der Waals surface area contributed by atoms with Crippen molar-refractivity contribution in [3.8, 4) is 11.5 Å². The molecule has 56 heavy (non-hydrogen) atoms. The largest absolute Gasteiger partial charge is 0.587 e. The first-order valence-corrected chi connectivity index (χ1v) is 24.0. The molecule has 0 saturated heterocycles. The van der Waals surface area contributed by atoms with E-state index in [0.717, 1.165) is 38.5 Å². The van der Waals surface area contributed by atoms with Crippen molar-refractivity contribution in [2.75, 3.05) is 13.2 Å². The molecule has 318 valence electrons. The molecule has 0 aliphatic rings. The zero-order chi connectivity index (χ0) is 40.2. The van der Waals surface area contributed by atoms with Gasteiger partial charge in [0.25, 0.3) is 0 Å². The summed E-state index contributed by atoms with van der Waals surface area (Å²) in [6.07, 6.45) is 31.3. The van der Waals surface area contributed by atoms with Crippen LogP contribution in [-0.2, 0) is 28.2 Å². The molecular formula is C47H77O8P. The van der Waals surface area contributed by atoms with Crippen LogP contribution >= 0.6 is 7.82 Å². The van der Waals surface area contributed by atoms with Crippen molar-refractivity contribution in [1.82, 2.24) is 0 Å². The first kappa shape index (κ1) is 49.3. The average Bonchev–Trinajstić information content (AvgIpc) is 3.20. The number of rotatable bonds is 38. The first-order chi connectivity index (χ1) is 27.4. The molecule has 0 heterocycles. The highest BCUT2D eigenvalue weighted by Gasteiger charge is 2.33. The van der Waals surface area contributed by atoms with Gasteiger partial charge < -0.3 is 18.5 Å². The van der Waals surface area contributed by atoms with Gasteiger partial charge in [-0.25, -0.2) is 4.57 Å². The van der Waals surface area contributed by atoms with Gasteiger partial charge in [0.15, 0.2) is 6.10 Å². The van der Waals surface area contributed by atoms with Crippen molar-refractivity contribution in [3.63, 3.8) is 0 Å². The molecule has 0 spiro atoms. The molecule has 0 amide bonds. The number of phosphoric acid groups is 1. The molecule has 9 heteroatoms. The molecule has 2 rings (SSSR count). The van der Waals surface area contributed by atoms with E-state index in [-0.39, 0.29) is 25.6 Å². The van der Waals surface area contributed by atoms with Crippen molar-refractivity contribution in [1.29, 1.82) is 0 Å². The Labute approximate surface area is 341 Å². The number of unbranched alkanes of at least 4 members (excludes halogenated alkanes) is 24. The van der Waals surface area contributed by atoms with Crippen LogP contribution in [0.4, 0.5) is 0 Å². The van der Waals surface area contributed by atoms with Gasteiger partial charge in [-0.15, -0.1) is 0 Å². The van der Waals surface area contributed by atoms with Crippen LogP contribution in [-0.4, -0.2) is 31.3 Å². The SMILES string of the molecule is CCCCCCCCCCCCCCCC(=O)OCC(COP(=O)(Oc1ccccc1)Oc1ccccc1)OC(=O)CCCCCCCCCCCCCCC. The predicted octanol–water partition coefficient (Wildman–Crippen LogP) is 14.7. The second-order valence-corrected chi connectivity index (χ2v) is 16.8. The summed E-state index contributed by atoms with van der Waals surface area (Å²) in [6.45, 7) is 3.96. The fourth-order valence-electron chi connectivity index (χ4n) is 6.66. The number of carbonyl (C=O) groups excluding carboxylic acids is 2. The molecule has 1 unspecified atom stereocenters. The van der Waals surface area contributed by atoms with E-state index in [2.05, 4.69) is 13.8 Å². The third-order valence-electron chi connectivity index (χ3n) is 10.0. The van der Waals surface area contributed by atoms with Crippen molar-refractivity contribution < 1.29 is 37.2 Å². The minimum absolute atomic E-state index is 0.210. The number of hydrogen-bond donors (Lipinski definition) is 0. The van der Waals surface area contributed by atoms with E-state index in [1.807, 2.05) is 12.1 Å². The monoisotopic (exact) mass is 801 g/mol. The van der Waals surface area contributed by atoms with Crippen LogP contribution in [0.2, 0.25) is 0 Å². The number of carbonyl (C=O) groups is 2. The number of esters is 2. The van der Waals surface area contributed by atoms with Gasteiger partial charge in [-0.3, -0.25) is 14.1 Å². The van der Waals surface area contributed by atoms with Crippen LogP contribution in [0.1, 0.15) is 194 Å². The molecule has 1 atom stereocenters. The van der Waals surface area contributed by atoms with Crippen LogP contribution in [0.5, 0.6) is 11.5 Å². The molecule has 0 aliphatic heterocycles. The molecule has 0 aromatic heterocycles. The van der Waals surface area contributed by atoms with Crippen LogP contribution in [0.25, 0.3) is 0 Å². The highest BCUT2D eigenvalue weighted by molar-refractivity contribution is 7.49. The summed E-state index contributed by atoms with van der Waals surface area (Å²) in [6, 6.07) is 17.2. The van der Waals surface area contributed by atoms with Crippen molar-refractivity contribution >= 4 is 19.8 Å². The van der Waals surface area contributed by atoms with Gasteiger partial charge in [0.05, 0.1) is 0 Å². The van der Waals surface area contributed by atoms with Gasteiger partial charge in [0.2, 0.25) is 0 Å². The highest BCUT2D eigenvalue weighted by atomic mass is 31.2. The molecule has 0 fully saturated rings. The fourth-order valence-corrected chi connectivity index (χ4v) is 7.91. The topological polar surface area (TPSA) is 97.4 Å². The van der Waals surface area contributed by atoms with Gasteiger partial charge in [0.1, 0.15) is 24.7 Å². The van der Waals surface area contributed by atoms with Crippen LogP contribution < -0.4 is 9.05 Å². The maximum Gasteiger partial charge on any atom is 0.587 e. The number of hydrogen-bond acceptors (Lipinski definition) is 8. The van der Waals surface area contributed by atoms with Crippen LogP contribution in [0.3, 0.4) is 0 Å². The van der Waals surface area contributed by atoms with Crippen molar-refractivity contribution in [2.24, 2.45) is 0 Å².